The highest BCUT2D eigenvalue weighted by atomic mass is 19.1. The number of fused-ring (bicyclic) bond motifs is 3. The van der Waals surface area contributed by atoms with Crippen LogP contribution in [0.2, 0.25) is 0 Å². The van der Waals surface area contributed by atoms with Crippen molar-refractivity contribution in [1.29, 1.82) is 5.26 Å². The van der Waals surface area contributed by atoms with E-state index in [-0.39, 0.29) is 33.9 Å². The van der Waals surface area contributed by atoms with E-state index >= 15 is 4.39 Å². The van der Waals surface area contributed by atoms with Gasteiger partial charge in [-0.2, -0.15) is 15.2 Å². The number of nitriles is 1. The molecule has 41 heavy (non-hydrogen) atoms. The number of halogens is 1. The fourth-order valence-electron chi connectivity index (χ4n) is 6.99. The van der Waals surface area contributed by atoms with Crippen molar-refractivity contribution in [3.8, 4) is 29.1 Å². The third-order valence-corrected chi connectivity index (χ3v) is 9.46. The van der Waals surface area contributed by atoms with Crippen LogP contribution in [0.15, 0.2) is 42.6 Å². The monoisotopic (exact) mass is 552 g/mol. The summed E-state index contributed by atoms with van der Waals surface area (Å²) in [7, 11) is 0. The second kappa shape index (κ2) is 9.81. The summed E-state index contributed by atoms with van der Waals surface area (Å²) in [4.78, 5) is 18.6. The van der Waals surface area contributed by atoms with Gasteiger partial charge in [0.15, 0.2) is 5.82 Å². The molecular weight excluding hydrogens is 519 g/mol. The van der Waals surface area contributed by atoms with Gasteiger partial charge in [-0.3, -0.25) is 9.88 Å². The lowest BCUT2D eigenvalue weighted by Gasteiger charge is -2.36. The summed E-state index contributed by atoms with van der Waals surface area (Å²) in [6.45, 7) is 5.86. The van der Waals surface area contributed by atoms with Gasteiger partial charge in [0.05, 0.1) is 22.4 Å². The number of nitrogens with zero attached hydrogens (tertiary/aromatic N) is 6. The number of hydrogen-bond donors (Lipinski definition) is 1. The first-order valence-corrected chi connectivity index (χ1v) is 14.5. The van der Waals surface area contributed by atoms with E-state index < -0.39 is 5.82 Å². The first kappa shape index (κ1) is 25.9. The van der Waals surface area contributed by atoms with Crippen molar-refractivity contribution in [3.63, 3.8) is 0 Å². The van der Waals surface area contributed by atoms with Crippen LogP contribution in [0, 0.1) is 22.6 Å². The van der Waals surface area contributed by atoms with Crippen LogP contribution in [0.5, 0.6) is 11.8 Å². The molecule has 0 bridgehead atoms. The van der Waals surface area contributed by atoms with Crippen molar-refractivity contribution < 1.29 is 14.2 Å². The summed E-state index contributed by atoms with van der Waals surface area (Å²) in [6, 6.07) is 13.3. The summed E-state index contributed by atoms with van der Waals surface area (Å²) in [5.41, 5.74) is 0.368. The predicted octanol–water partition coefficient (Wildman–Crippen LogP) is 5.83. The number of piperidine rings is 1. The van der Waals surface area contributed by atoms with E-state index in [0.29, 0.717) is 49.3 Å². The van der Waals surface area contributed by atoms with Crippen LogP contribution in [0.1, 0.15) is 45.4 Å². The minimum absolute atomic E-state index is 0.000638. The van der Waals surface area contributed by atoms with Crippen molar-refractivity contribution in [2.24, 2.45) is 5.41 Å². The zero-order chi connectivity index (χ0) is 28.2. The fourth-order valence-corrected chi connectivity index (χ4v) is 6.99. The van der Waals surface area contributed by atoms with Crippen molar-refractivity contribution in [1.82, 2.24) is 19.9 Å². The maximum absolute atomic E-state index is 16.5. The molecule has 0 unspecified atom stereocenters. The molecule has 3 aliphatic rings. The van der Waals surface area contributed by atoms with Gasteiger partial charge in [-0.15, -0.1) is 0 Å². The molecule has 7 rings (SSSR count). The van der Waals surface area contributed by atoms with Gasteiger partial charge in [-0.25, -0.2) is 4.39 Å². The van der Waals surface area contributed by atoms with Gasteiger partial charge >= 0.3 is 6.01 Å². The number of aromatic nitrogens is 3. The molecule has 0 radical (unpaired) electrons. The second-order valence-corrected chi connectivity index (χ2v) is 12.1. The van der Waals surface area contributed by atoms with Crippen molar-refractivity contribution >= 4 is 27.5 Å². The number of anilines is 1. The molecule has 0 saturated carbocycles. The number of hydrogen-bond acceptors (Lipinski definition) is 8. The summed E-state index contributed by atoms with van der Waals surface area (Å²) in [5, 5.41) is 22.1. The van der Waals surface area contributed by atoms with Crippen LogP contribution < -0.4 is 9.64 Å². The van der Waals surface area contributed by atoms with Crippen LogP contribution in [0.25, 0.3) is 32.9 Å². The molecule has 3 aliphatic heterocycles. The third kappa shape index (κ3) is 4.41. The highest BCUT2D eigenvalue weighted by molar-refractivity contribution is 5.99. The number of aromatic hydroxyl groups is 1. The van der Waals surface area contributed by atoms with Crippen molar-refractivity contribution in [2.45, 2.75) is 51.0 Å². The van der Waals surface area contributed by atoms with Gasteiger partial charge in [-0.05, 0) is 81.4 Å². The van der Waals surface area contributed by atoms with E-state index in [1.807, 2.05) is 31.2 Å². The molecule has 2 aromatic heterocycles. The van der Waals surface area contributed by atoms with Crippen LogP contribution in [-0.4, -0.2) is 63.3 Å². The van der Waals surface area contributed by atoms with Crippen LogP contribution in [0.4, 0.5) is 10.2 Å². The standard InChI is InChI=1S/C32H33FN6O2/c1-31(19-34)10-14-38(15-11-31)29-25-18-35-27(24-17-22(40)16-21-6-2-3-7-23(21)24)26(33)28(25)36-30(37-29)41-20-32-8-4-12-39(32)13-5-9-32/h2-3,6-7,16-18,40H,4-5,8-15,20H2,1H3. The Hall–Kier alpha value is -4.03. The minimum atomic E-state index is -0.577. The molecule has 0 aliphatic carbocycles. The Morgan fingerprint density at radius 3 is 2.54 bits per heavy atom. The Bertz CT molecular complexity index is 1680. The minimum Gasteiger partial charge on any atom is -0.508 e. The molecule has 8 nitrogen and oxygen atoms in total. The van der Waals surface area contributed by atoms with Gasteiger partial charge in [0.2, 0.25) is 0 Å². The van der Waals surface area contributed by atoms with Gasteiger partial charge in [-0.1, -0.05) is 24.3 Å². The lowest BCUT2D eigenvalue weighted by atomic mass is 9.82. The molecule has 3 saturated heterocycles. The lowest BCUT2D eigenvalue weighted by molar-refractivity contribution is 0.108. The summed E-state index contributed by atoms with van der Waals surface area (Å²) >= 11 is 0. The number of rotatable bonds is 5. The molecule has 0 atom stereocenters. The molecule has 2 aromatic carbocycles. The summed E-state index contributed by atoms with van der Waals surface area (Å²) < 4.78 is 22.8. The highest BCUT2D eigenvalue weighted by Crippen LogP contribution is 2.41. The predicted molar refractivity (Wildman–Crippen MR) is 155 cm³/mol. The molecule has 3 fully saturated rings. The Kier molecular flexibility index (Phi) is 6.20. The first-order chi connectivity index (χ1) is 19.9. The lowest BCUT2D eigenvalue weighted by Crippen LogP contribution is -2.43. The van der Waals surface area contributed by atoms with E-state index in [1.54, 1.807) is 18.3 Å². The third-order valence-electron chi connectivity index (χ3n) is 9.46. The number of pyridine rings is 1. The van der Waals surface area contributed by atoms with E-state index in [4.69, 9.17) is 9.72 Å². The molecule has 9 heteroatoms. The van der Waals surface area contributed by atoms with Gasteiger partial charge in [0.1, 0.15) is 29.4 Å². The molecule has 5 heterocycles. The maximum Gasteiger partial charge on any atom is 0.319 e. The first-order valence-electron chi connectivity index (χ1n) is 14.5. The fraction of sp³-hybridized carbons (Fsp3) is 0.438. The van der Waals surface area contributed by atoms with Crippen LogP contribution >= 0.6 is 0 Å². The van der Waals surface area contributed by atoms with E-state index in [9.17, 15) is 10.4 Å². The van der Waals surface area contributed by atoms with Crippen LogP contribution in [0.3, 0.4) is 0 Å². The quantitative estimate of drug-likeness (QED) is 0.330. The molecular formula is C32H33FN6O2. The Balaban J connectivity index is 1.34. The maximum atomic E-state index is 16.5. The number of phenolic OH excluding ortho intramolecular Hbond substituents is 1. The second-order valence-electron chi connectivity index (χ2n) is 12.1. The Labute approximate surface area is 238 Å². The van der Waals surface area contributed by atoms with E-state index in [1.165, 1.54) is 0 Å². The normalized spacial score (nSPS) is 19.9. The SMILES string of the molecule is CC1(C#N)CCN(c2nc(OCC34CCCN3CCC4)nc3c(F)c(-c4cc(O)cc5ccccc45)ncc23)CC1. The van der Waals surface area contributed by atoms with Crippen molar-refractivity contribution in [2.75, 3.05) is 37.7 Å². The summed E-state index contributed by atoms with van der Waals surface area (Å²) in [5.74, 6) is 0.0428. The molecule has 0 spiro atoms. The van der Waals surface area contributed by atoms with E-state index in [0.717, 1.165) is 49.5 Å². The summed E-state index contributed by atoms with van der Waals surface area (Å²) in [6.07, 6.45) is 7.47. The Morgan fingerprint density at radius 2 is 1.78 bits per heavy atom. The van der Waals surface area contributed by atoms with Gasteiger partial charge < -0.3 is 14.7 Å². The highest BCUT2D eigenvalue weighted by Gasteiger charge is 2.45. The van der Waals surface area contributed by atoms with Gasteiger partial charge in [0, 0.05) is 24.8 Å². The largest absolute Gasteiger partial charge is 0.508 e. The number of benzene rings is 2. The van der Waals surface area contributed by atoms with E-state index in [2.05, 4.69) is 25.8 Å². The van der Waals surface area contributed by atoms with Crippen LogP contribution in [-0.2, 0) is 0 Å². The molecule has 1 N–H and O–H groups in total. The average Bonchev–Trinajstić information content (AvgIpc) is 3.57. The van der Waals surface area contributed by atoms with Crippen molar-refractivity contribution in [3.05, 3.63) is 48.4 Å². The average molecular weight is 553 g/mol. The molecule has 0 amide bonds. The number of ether oxygens (including phenoxy) is 1. The topological polar surface area (TPSA) is 98.4 Å². The Morgan fingerprint density at radius 1 is 1.02 bits per heavy atom. The molecule has 4 aromatic rings. The number of phenols is 1. The smallest absolute Gasteiger partial charge is 0.319 e. The van der Waals surface area contributed by atoms with Gasteiger partial charge in [0.25, 0.3) is 0 Å². The zero-order valence-electron chi connectivity index (χ0n) is 23.2. The zero-order valence-corrected chi connectivity index (χ0v) is 23.2. The molecule has 210 valence electrons.